The Morgan fingerprint density at radius 2 is 2.04 bits per heavy atom. The van der Waals surface area contributed by atoms with Crippen molar-refractivity contribution in [2.45, 2.75) is 12.7 Å². The standard InChI is InChI=1S/C17H15F4NO2S/c18-14-4-3-10(6-11(14)15-2-1-5-25-15)7-22-8-12(16(23)24)13(9-22)17(19,20)21/h1-6,12-13H,7-9H2,(H,23,24)/t12-,13-/m1/s1. The Bertz CT molecular complexity index is 761. The van der Waals surface area contributed by atoms with Crippen LogP contribution in [0.3, 0.4) is 0 Å². The van der Waals surface area contributed by atoms with Crippen LogP contribution in [-0.4, -0.2) is 35.2 Å². The van der Waals surface area contributed by atoms with E-state index in [9.17, 15) is 22.4 Å². The molecule has 25 heavy (non-hydrogen) atoms. The molecule has 134 valence electrons. The number of carboxylic acid groups (broad SMARTS) is 1. The van der Waals surface area contributed by atoms with Crippen LogP contribution in [0.2, 0.25) is 0 Å². The third-order valence-corrected chi connectivity index (χ3v) is 5.26. The zero-order valence-corrected chi connectivity index (χ0v) is 13.8. The summed E-state index contributed by atoms with van der Waals surface area (Å²) < 4.78 is 53.1. The Morgan fingerprint density at radius 1 is 1.28 bits per heavy atom. The first-order chi connectivity index (χ1) is 11.8. The van der Waals surface area contributed by atoms with Crippen molar-refractivity contribution in [2.75, 3.05) is 13.1 Å². The summed E-state index contributed by atoms with van der Waals surface area (Å²) in [4.78, 5) is 13.3. The summed E-state index contributed by atoms with van der Waals surface area (Å²) >= 11 is 1.37. The molecule has 1 aromatic carbocycles. The number of carbonyl (C=O) groups is 1. The predicted molar refractivity (Wildman–Crippen MR) is 85.7 cm³/mol. The summed E-state index contributed by atoms with van der Waals surface area (Å²) in [6.07, 6.45) is -4.55. The summed E-state index contributed by atoms with van der Waals surface area (Å²) in [6.45, 7) is -0.396. The molecule has 0 bridgehead atoms. The number of likely N-dealkylation sites (tertiary alicyclic amines) is 1. The van der Waals surface area contributed by atoms with Gasteiger partial charge in [0.15, 0.2) is 0 Å². The summed E-state index contributed by atoms with van der Waals surface area (Å²) in [5.41, 5.74) is 1.05. The van der Waals surface area contributed by atoms with Crippen molar-refractivity contribution < 1.29 is 27.5 Å². The monoisotopic (exact) mass is 373 g/mol. The molecule has 1 saturated heterocycles. The van der Waals surface area contributed by atoms with Gasteiger partial charge in [-0.3, -0.25) is 9.69 Å². The second kappa shape index (κ2) is 6.76. The molecule has 3 nitrogen and oxygen atoms in total. The van der Waals surface area contributed by atoms with E-state index in [-0.39, 0.29) is 19.6 Å². The van der Waals surface area contributed by atoms with Crippen molar-refractivity contribution in [3.05, 3.63) is 47.1 Å². The number of hydrogen-bond donors (Lipinski definition) is 1. The molecular formula is C17H15F4NO2S. The Balaban J connectivity index is 1.79. The van der Waals surface area contributed by atoms with E-state index in [0.29, 0.717) is 11.1 Å². The first-order valence-electron chi connectivity index (χ1n) is 7.60. The molecule has 0 unspecified atom stereocenters. The molecule has 0 radical (unpaired) electrons. The van der Waals surface area contributed by atoms with E-state index in [1.807, 2.05) is 5.38 Å². The van der Waals surface area contributed by atoms with Crippen LogP contribution in [0.5, 0.6) is 0 Å². The van der Waals surface area contributed by atoms with E-state index in [4.69, 9.17) is 5.11 Å². The highest BCUT2D eigenvalue weighted by molar-refractivity contribution is 7.13. The normalized spacial score (nSPS) is 21.6. The van der Waals surface area contributed by atoms with Crippen LogP contribution in [0.15, 0.2) is 35.7 Å². The minimum atomic E-state index is -4.55. The van der Waals surface area contributed by atoms with E-state index >= 15 is 0 Å². The van der Waals surface area contributed by atoms with E-state index in [2.05, 4.69) is 0 Å². The Kier molecular flexibility index (Phi) is 4.83. The molecule has 8 heteroatoms. The largest absolute Gasteiger partial charge is 0.481 e. The Hall–Kier alpha value is -1.93. The molecule has 3 rings (SSSR count). The lowest BCUT2D eigenvalue weighted by atomic mass is 9.96. The number of benzene rings is 1. The highest BCUT2D eigenvalue weighted by Gasteiger charge is 2.52. The van der Waals surface area contributed by atoms with E-state index in [1.165, 1.54) is 28.4 Å². The number of alkyl halides is 3. The Labute approximate surface area is 145 Å². The van der Waals surface area contributed by atoms with Gasteiger partial charge in [-0.1, -0.05) is 12.1 Å². The lowest BCUT2D eigenvalue weighted by Crippen LogP contribution is -2.33. The number of halogens is 4. The zero-order valence-electron chi connectivity index (χ0n) is 13.0. The van der Waals surface area contributed by atoms with Gasteiger partial charge in [0.05, 0.1) is 11.8 Å². The first kappa shape index (κ1) is 17.9. The first-order valence-corrected chi connectivity index (χ1v) is 8.48. The molecule has 0 amide bonds. The van der Waals surface area contributed by atoms with Crippen LogP contribution >= 0.6 is 11.3 Å². The third-order valence-electron chi connectivity index (χ3n) is 4.36. The SMILES string of the molecule is O=C(O)[C@@H]1CN(Cc2ccc(F)c(-c3cccs3)c2)C[C@H]1C(F)(F)F. The average Bonchev–Trinajstić information content (AvgIpc) is 3.18. The molecule has 1 aliphatic rings. The fourth-order valence-electron chi connectivity index (χ4n) is 3.15. The molecule has 0 saturated carbocycles. The van der Waals surface area contributed by atoms with Gasteiger partial charge >= 0.3 is 12.1 Å². The van der Waals surface area contributed by atoms with Gasteiger partial charge in [-0.2, -0.15) is 13.2 Å². The van der Waals surface area contributed by atoms with Gasteiger partial charge in [0.25, 0.3) is 0 Å². The van der Waals surface area contributed by atoms with Gasteiger partial charge < -0.3 is 5.11 Å². The van der Waals surface area contributed by atoms with Crippen LogP contribution in [0.1, 0.15) is 5.56 Å². The smallest absolute Gasteiger partial charge is 0.393 e. The van der Waals surface area contributed by atoms with Crippen LogP contribution in [-0.2, 0) is 11.3 Å². The second-order valence-electron chi connectivity index (χ2n) is 6.08. The molecule has 1 aromatic heterocycles. The van der Waals surface area contributed by atoms with Crippen LogP contribution in [0.4, 0.5) is 17.6 Å². The number of aliphatic carboxylic acids is 1. The van der Waals surface area contributed by atoms with Crippen LogP contribution in [0, 0.1) is 17.7 Å². The van der Waals surface area contributed by atoms with Crippen molar-refractivity contribution >= 4 is 17.3 Å². The molecule has 2 heterocycles. The number of thiophene rings is 1. The number of nitrogens with zero attached hydrogens (tertiary/aromatic N) is 1. The minimum Gasteiger partial charge on any atom is -0.481 e. The third kappa shape index (κ3) is 3.85. The van der Waals surface area contributed by atoms with Crippen LogP contribution in [0.25, 0.3) is 10.4 Å². The lowest BCUT2D eigenvalue weighted by Gasteiger charge is -2.18. The molecular weight excluding hydrogens is 358 g/mol. The Morgan fingerprint density at radius 3 is 2.60 bits per heavy atom. The molecule has 1 N–H and O–H groups in total. The average molecular weight is 373 g/mol. The summed E-state index contributed by atoms with van der Waals surface area (Å²) in [5.74, 6) is -5.20. The van der Waals surface area contributed by atoms with Gasteiger partial charge in [-0.05, 0) is 29.1 Å². The highest BCUT2D eigenvalue weighted by Crippen LogP contribution is 2.38. The second-order valence-corrected chi connectivity index (χ2v) is 7.03. The van der Waals surface area contributed by atoms with E-state index in [1.54, 1.807) is 18.2 Å². The highest BCUT2D eigenvalue weighted by atomic mass is 32.1. The molecule has 0 aliphatic carbocycles. The molecule has 2 atom stereocenters. The van der Waals surface area contributed by atoms with Gasteiger partial charge in [-0.15, -0.1) is 11.3 Å². The van der Waals surface area contributed by atoms with Crippen molar-refractivity contribution in [1.29, 1.82) is 0 Å². The van der Waals surface area contributed by atoms with Gasteiger partial charge in [0, 0.05) is 30.1 Å². The van der Waals surface area contributed by atoms with Gasteiger partial charge in [0.2, 0.25) is 0 Å². The summed E-state index contributed by atoms with van der Waals surface area (Å²) in [6, 6.07) is 7.97. The predicted octanol–water partition coefficient (Wildman–Crippen LogP) is 4.25. The number of carboxylic acids is 1. The van der Waals surface area contributed by atoms with Crippen molar-refractivity contribution in [2.24, 2.45) is 11.8 Å². The van der Waals surface area contributed by atoms with Gasteiger partial charge in [-0.25, -0.2) is 4.39 Å². The molecule has 1 fully saturated rings. The minimum absolute atomic E-state index is 0.148. The van der Waals surface area contributed by atoms with Gasteiger partial charge in [0.1, 0.15) is 5.82 Å². The topological polar surface area (TPSA) is 40.5 Å². The fourth-order valence-corrected chi connectivity index (χ4v) is 3.89. The maximum Gasteiger partial charge on any atom is 0.393 e. The fraction of sp³-hybridized carbons (Fsp3) is 0.353. The maximum absolute atomic E-state index is 14.0. The quantitative estimate of drug-likeness (QED) is 0.815. The van der Waals surface area contributed by atoms with Crippen molar-refractivity contribution in [3.63, 3.8) is 0 Å². The zero-order chi connectivity index (χ0) is 18.2. The number of rotatable bonds is 4. The molecule has 1 aliphatic heterocycles. The summed E-state index contributed by atoms with van der Waals surface area (Å²) in [5, 5.41) is 10.9. The molecule has 2 aromatic rings. The molecule has 0 spiro atoms. The van der Waals surface area contributed by atoms with E-state index in [0.717, 1.165) is 4.88 Å². The van der Waals surface area contributed by atoms with Crippen molar-refractivity contribution in [3.8, 4) is 10.4 Å². The number of hydrogen-bond acceptors (Lipinski definition) is 3. The van der Waals surface area contributed by atoms with E-state index < -0.39 is 29.8 Å². The lowest BCUT2D eigenvalue weighted by molar-refractivity contribution is -0.188. The maximum atomic E-state index is 14.0. The van der Waals surface area contributed by atoms with Crippen LogP contribution < -0.4 is 0 Å². The summed E-state index contributed by atoms with van der Waals surface area (Å²) in [7, 11) is 0. The van der Waals surface area contributed by atoms with Crippen molar-refractivity contribution in [1.82, 2.24) is 4.90 Å².